The van der Waals surface area contributed by atoms with Gasteiger partial charge in [0.1, 0.15) is 0 Å². The topological polar surface area (TPSA) is 73.2 Å². The van der Waals surface area contributed by atoms with Crippen LogP contribution in [0.4, 0.5) is 4.79 Å². The number of hydrogen-bond donors (Lipinski definition) is 1. The summed E-state index contributed by atoms with van der Waals surface area (Å²) >= 11 is 0. The maximum absolute atomic E-state index is 13.8. The molecule has 3 aromatic carbocycles. The monoisotopic (exact) mass is 395 g/mol. The number of benzene rings is 3. The van der Waals surface area contributed by atoms with Crippen molar-refractivity contribution in [3.8, 4) is 6.07 Å². The fourth-order valence-electron chi connectivity index (χ4n) is 3.86. The second-order valence-electron chi connectivity index (χ2n) is 7.55. The highest BCUT2D eigenvalue weighted by Crippen LogP contribution is 2.37. The molecule has 0 spiro atoms. The lowest BCUT2D eigenvalue weighted by Gasteiger charge is -2.28. The summed E-state index contributed by atoms with van der Waals surface area (Å²) in [6.07, 6.45) is 0. The SMILES string of the molecule is Cc1ccc([C@]2(c3ccccc3)NC(=O)N(Cc3cccc(C#N)c3)C2=O)cc1C. The van der Waals surface area contributed by atoms with Crippen molar-refractivity contribution in [3.63, 3.8) is 0 Å². The number of amides is 3. The van der Waals surface area contributed by atoms with Gasteiger partial charge in [0.2, 0.25) is 0 Å². The van der Waals surface area contributed by atoms with Crippen molar-refractivity contribution in [1.29, 1.82) is 5.26 Å². The lowest BCUT2D eigenvalue weighted by atomic mass is 9.81. The number of nitrogens with zero attached hydrogens (tertiary/aromatic N) is 2. The van der Waals surface area contributed by atoms with E-state index >= 15 is 0 Å². The van der Waals surface area contributed by atoms with Gasteiger partial charge >= 0.3 is 6.03 Å². The minimum Gasteiger partial charge on any atom is -0.315 e. The number of aryl methyl sites for hydroxylation is 2. The number of imide groups is 1. The summed E-state index contributed by atoms with van der Waals surface area (Å²) in [5.74, 6) is -0.329. The molecule has 148 valence electrons. The summed E-state index contributed by atoms with van der Waals surface area (Å²) in [7, 11) is 0. The van der Waals surface area contributed by atoms with Crippen LogP contribution in [-0.2, 0) is 16.9 Å². The zero-order valence-corrected chi connectivity index (χ0v) is 16.8. The maximum atomic E-state index is 13.8. The quantitative estimate of drug-likeness (QED) is 0.674. The van der Waals surface area contributed by atoms with Crippen molar-refractivity contribution in [2.75, 3.05) is 0 Å². The van der Waals surface area contributed by atoms with Gasteiger partial charge in [0, 0.05) is 0 Å². The molecule has 0 aromatic heterocycles. The van der Waals surface area contributed by atoms with Crippen LogP contribution in [0.2, 0.25) is 0 Å². The molecule has 0 unspecified atom stereocenters. The van der Waals surface area contributed by atoms with Crippen LogP contribution in [0.25, 0.3) is 0 Å². The molecule has 3 amide bonds. The van der Waals surface area contributed by atoms with Crippen LogP contribution in [0.5, 0.6) is 0 Å². The average molecular weight is 395 g/mol. The Labute approximate surface area is 175 Å². The van der Waals surface area contributed by atoms with Gasteiger partial charge < -0.3 is 5.32 Å². The van der Waals surface area contributed by atoms with Crippen molar-refractivity contribution in [1.82, 2.24) is 10.2 Å². The zero-order valence-electron chi connectivity index (χ0n) is 16.8. The maximum Gasteiger partial charge on any atom is 0.325 e. The Morgan fingerprint density at radius 3 is 2.37 bits per heavy atom. The minimum absolute atomic E-state index is 0.0968. The normalized spacial score (nSPS) is 18.2. The Hall–Kier alpha value is -3.91. The van der Waals surface area contributed by atoms with Gasteiger partial charge in [-0.05, 0) is 53.8 Å². The molecule has 1 aliphatic rings. The number of urea groups is 1. The van der Waals surface area contributed by atoms with Crippen LogP contribution in [0.15, 0.2) is 72.8 Å². The van der Waals surface area contributed by atoms with Crippen LogP contribution in [0, 0.1) is 25.2 Å². The molecule has 1 saturated heterocycles. The van der Waals surface area contributed by atoms with E-state index in [0.717, 1.165) is 22.3 Å². The molecule has 1 aliphatic heterocycles. The molecular weight excluding hydrogens is 374 g/mol. The third-order valence-electron chi connectivity index (χ3n) is 5.65. The highest BCUT2D eigenvalue weighted by Gasteiger charge is 2.53. The smallest absolute Gasteiger partial charge is 0.315 e. The first kappa shape index (κ1) is 19.4. The van der Waals surface area contributed by atoms with Crippen LogP contribution < -0.4 is 5.32 Å². The van der Waals surface area contributed by atoms with Crippen molar-refractivity contribution < 1.29 is 9.59 Å². The first-order valence-electron chi connectivity index (χ1n) is 9.72. The van der Waals surface area contributed by atoms with E-state index in [1.807, 2.05) is 62.4 Å². The number of carbonyl (C=O) groups is 2. The van der Waals surface area contributed by atoms with Crippen molar-refractivity contribution in [3.05, 3.63) is 106 Å². The van der Waals surface area contributed by atoms with Crippen LogP contribution >= 0.6 is 0 Å². The minimum atomic E-state index is -1.29. The van der Waals surface area contributed by atoms with Crippen LogP contribution in [-0.4, -0.2) is 16.8 Å². The van der Waals surface area contributed by atoms with Gasteiger partial charge in [0.25, 0.3) is 5.91 Å². The lowest BCUT2D eigenvalue weighted by Crippen LogP contribution is -2.45. The van der Waals surface area contributed by atoms with Gasteiger partial charge in [-0.25, -0.2) is 4.79 Å². The molecule has 0 bridgehead atoms. The molecule has 3 aromatic rings. The second kappa shape index (κ2) is 7.49. The third-order valence-corrected chi connectivity index (χ3v) is 5.65. The lowest BCUT2D eigenvalue weighted by molar-refractivity contribution is -0.130. The Kier molecular flexibility index (Phi) is 4.85. The molecule has 30 heavy (non-hydrogen) atoms. The van der Waals surface area contributed by atoms with E-state index < -0.39 is 11.6 Å². The molecular formula is C25H21N3O2. The van der Waals surface area contributed by atoms with Crippen LogP contribution in [0.1, 0.15) is 33.4 Å². The average Bonchev–Trinajstić information content (AvgIpc) is 3.02. The van der Waals surface area contributed by atoms with Gasteiger partial charge in [-0.2, -0.15) is 5.26 Å². The number of rotatable bonds is 4. The Morgan fingerprint density at radius 1 is 0.900 bits per heavy atom. The standard InChI is InChI=1S/C25H21N3O2/c1-17-11-12-22(13-18(17)2)25(21-9-4-3-5-10-21)23(29)28(24(30)27-25)16-20-8-6-7-19(14-20)15-26/h3-14H,16H2,1-2H3,(H,27,30)/t25-/m0/s1. The van der Waals surface area contributed by atoms with Crippen molar-refractivity contribution in [2.45, 2.75) is 25.9 Å². The summed E-state index contributed by atoms with van der Waals surface area (Å²) in [4.78, 5) is 28.0. The van der Waals surface area contributed by atoms with Crippen LogP contribution in [0.3, 0.4) is 0 Å². The molecule has 1 fully saturated rings. The van der Waals surface area contributed by atoms with E-state index in [1.165, 1.54) is 4.90 Å². The predicted molar refractivity (Wildman–Crippen MR) is 113 cm³/mol. The summed E-state index contributed by atoms with van der Waals surface area (Å²) in [6.45, 7) is 4.10. The molecule has 5 nitrogen and oxygen atoms in total. The third kappa shape index (κ3) is 3.13. The Bertz CT molecular complexity index is 1180. The second-order valence-corrected chi connectivity index (χ2v) is 7.55. The number of nitrogens with one attached hydrogen (secondary N) is 1. The highest BCUT2D eigenvalue weighted by atomic mass is 16.2. The van der Waals surface area contributed by atoms with Gasteiger partial charge in [0.15, 0.2) is 5.54 Å². The molecule has 4 rings (SSSR count). The fourth-order valence-corrected chi connectivity index (χ4v) is 3.86. The first-order valence-corrected chi connectivity index (χ1v) is 9.72. The summed E-state index contributed by atoms with van der Waals surface area (Å²) in [5, 5.41) is 12.1. The van der Waals surface area contributed by atoms with Gasteiger partial charge in [0.05, 0.1) is 18.2 Å². The molecule has 0 saturated carbocycles. The van der Waals surface area contributed by atoms with Gasteiger partial charge in [-0.1, -0.05) is 60.7 Å². The number of nitriles is 1. The van der Waals surface area contributed by atoms with Gasteiger partial charge in [-0.3, -0.25) is 9.69 Å². The van der Waals surface area contributed by atoms with Crippen molar-refractivity contribution in [2.24, 2.45) is 0 Å². The first-order chi connectivity index (χ1) is 14.5. The van der Waals surface area contributed by atoms with E-state index in [2.05, 4.69) is 11.4 Å². The molecule has 0 aliphatic carbocycles. The largest absolute Gasteiger partial charge is 0.325 e. The number of carbonyl (C=O) groups excluding carboxylic acids is 2. The fraction of sp³-hybridized carbons (Fsp3) is 0.160. The van der Waals surface area contributed by atoms with E-state index in [4.69, 9.17) is 5.26 Å². The Balaban J connectivity index is 1.81. The molecule has 1 atom stereocenters. The highest BCUT2D eigenvalue weighted by molar-refractivity contribution is 6.09. The predicted octanol–water partition coefficient (Wildman–Crippen LogP) is 4.17. The summed E-state index contributed by atoms with van der Waals surface area (Å²) < 4.78 is 0. The molecule has 1 N–H and O–H groups in total. The van der Waals surface area contributed by atoms with Crippen molar-refractivity contribution >= 4 is 11.9 Å². The summed E-state index contributed by atoms with van der Waals surface area (Å²) in [5.41, 5.74) is 3.52. The molecule has 0 radical (unpaired) electrons. The molecule has 5 heteroatoms. The van der Waals surface area contributed by atoms with E-state index in [9.17, 15) is 9.59 Å². The Morgan fingerprint density at radius 2 is 1.67 bits per heavy atom. The van der Waals surface area contributed by atoms with E-state index in [1.54, 1.807) is 24.3 Å². The zero-order chi connectivity index (χ0) is 21.3. The number of hydrogen-bond acceptors (Lipinski definition) is 3. The summed E-state index contributed by atoms with van der Waals surface area (Å²) in [6, 6.07) is 23.7. The van der Waals surface area contributed by atoms with E-state index in [0.29, 0.717) is 11.1 Å². The van der Waals surface area contributed by atoms with E-state index in [-0.39, 0.29) is 12.5 Å². The van der Waals surface area contributed by atoms with Gasteiger partial charge in [-0.15, -0.1) is 0 Å². The molecule has 1 heterocycles.